The van der Waals surface area contributed by atoms with Crippen molar-refractivity contribution in [3.63, 3.8) is 0 Å². The molecule has 11 heteroatoms. The fourth-order valence-corrected chi connectivity index (χ4v) is 3.97. The van der Waals surface area contributed by atoms with E-state index in [1.807, 2.05) is 0 Å². The van der Waals surface area contributed by atoms with Crippen molar-refractivity contribution in [3.05, 3.63) is 88.1 Å². The summed E-state index contributed by atoms with van der Waals surface area (Å²) in [7, 11) is 2.89. The average molecular weight is 535 g/mol. The number of hydrogen-bond acceptors (Lipinski definition) is 7. The minimum atomic E-state index is -0.728. The predicted molar refractivity (Wildman–Crippen MR) is 143 cm³/mol. The van der Waals surface area contributed by atoms with Crippen LogP contribution in [0.15, 0.2) is 71.4 Å². The smallest absolute Gasteiger partial charge is 0.283 e. The third-order valence-electron chi connectivity index (χ3n) is 5.84. The zero-order chi connectivity index (χ0) is 27.6. The molecule has 0 bridgehead atoms. The molecule has 3 aromatic rings. The van der Waals surface area contributed by atoms with Crippen molar-refractivity contribution in [2.75, 3.05) is 29.8 Å². The zero-order valence-corrected chi connectivity index (χ0v) is 21.4. The Morgan fingerprint density at radius 1 is 0.895 bits per heavy atom. The Labute approximate surface area is 223 Å². The molecule has 194 valence electrons. The number of halogens is 1. The van der Waals surface area contributed by atoms with Crippen molar-refractivity contribution in [1.29, 1.82) is 0 Å². The molecule has 4 amide bonds. The van der Waals surface area contributed by atoms with E-state index in [0.29, 0.717) is 28.3 Å². The molecule has 0 aliphatic carbocycles. The van der Waals surface area contributed by atoms with E-state index in [0.717, 1.165) is 4.90 Å². The Balaban J connectivity index is 1.57. The summed E-state index contributed by atoms with van der Waals surface area (Å²) in [6.45, 7) is 1.77. The van der Waals surface area contributed by atoms with Crippen LogP contribution < -0.4 is 30.7 Å². The highest BCUT2D eigenvalue weighted by molar-refractivity contribution is 6.53. The Morgan fingerprint density at radius 3 is 2.21 bits per heavy atom. The van der Waals surface area contributed by atoms with E-state index in [4.69, 9.17) is 26.8 Å². The first kappa shape index (κ1) is 26.2. The number of rotatable bonds is 8. The number of hydrogen-bond donors (Lipinski definition) is 3. The first-order valence-electron chi connectivity index (χ1n) is 11.2. The zero-order valence-electron chi connectivity index (χ0n) is 20.6. The molecule has 0 spiro atoms. The number of aryl methyl sites for hydroxylation is 1. The van der Waals surface area contributed by atoms with Gasteiger partial charge in [0.2, 0.25) is 5.91 Å². The summed E-state index contributed by atoms with van der Waals surface area (Å²) < 4.78 is 10.5. The quantitative estimate of drug-likeness (QED) is 0.373. The molecule has 10 nitrogen and oxygen atoms in total. The van der Waals surface area contributed by atoms with Crippen LogP contribution >= 0.6 is 11.6 Å². The lowest BCUT2D eigenvalue weighted by Crippen LogP contribution is -2.32. The minimum absolute atomic E-state index is 0.141. The fourth-order valence-electron chi connectivity index (χ4n) is 3.75. The van der Waals surface area contributed by atoms with Crippen LogP contribution in [0.5, 0.6) is 11.5 Å². The Hall–Kier alpha value is -4.83. The van der Waals surface area contributed by atoms with Gasteiger partial charge in [-0.3, -0.25) is 19.2 Å². The van der Waals surface area contributed by atoms with Gasteiger partial charge in [0.1, 0.15) is 22.2 Å². The van der Waals surface area contributed by atoms with E-state index in [2.05, 4.69) is 10.6 Å². The van der Waals surface area contributed by atoms with Crippen molar-refractivity contribution >= 4 is 52.3 Å². The van der Waals surface area contributed by atoms with Crippen molar-refractivity contribution in [2.45, 2.75) is 6.92 Å². The van der Waals surface area contributed by atoms with E-state index >= 15 is 0 Å². The lowest BCUT2D eigenvalue weighted by Gasteiger charge is -2.19. The number of anilines is 3. The molecule has 0 aromatic heterocycles. The predicted octanol–water partition coefficient (Wildman–Crippen LogP) is 3.80. The van der Waals surface area contributed by atoms with Crippen molar-refractivity contribution in [2.24, 2.45) is 5.73 Å². The maximum Gasteiger partial charge on any atom is 0.283 e. The lowest BCUT2D eigenvalue weighted by atomic mass is 10.1. The average Bonchev–Trinajstić information content (AvgIpc) is 3.12. The highest BCUT2D eigenvalue weighted by Crippen LogP contribution is 2.38. The van der Waals surface area contributed by atoms with E-state index < -0.39 is 23.6 Å². The largest absolute Gasteiger partial charge is 0.497 e. The number of carbonyl (C=O) groups excluding carboxylic acids is 4. The number of carbonyl (C=O) groups is 4. The second-order valence-electron chi connectivity index (χ2n) is 8.22. The van der Waals surface area contributed by atoms with Gasteiger partial charge >= 0.3 is 0 Å². The van der Waals surface area contributed by atoms with Crippen LogP contribution in [-0.2, 0) is 9.59 Å². The van der Waals surface area contributed by atoms with Crippen LogP contribution in [0.25, 0.3) is 0 Å². The molecule has 4 rings (SSSR count). The fraction of sp³-hybridized carbons (Fsp3) is 0.111. The second-order valence-corrected chi connectivity index (χ2v) is 8.60. The number of amides is 4. The number of imide groups is 1. The lowest BCUT2D eigenvalue weighted by molar-refractivity contribution is -0.120. The van der Waals surface area contributed by atoms with E-state index in [-0.39, 0.29) is 27.7 Å². The summed E-state index contributed by atoms with van der Waals surface area (Å²) in [5.74, 6) is -1.69. The van der Waals surface area contributed by atoms with Gasteiger partial charge in [-0.2, -0.15) is 0 Å². The Morgan fingerprint density at radius 2 is 1.58 bits per heavy atom. The van der Waals surface area contributed by atoms with Crippen LogP contribution in [0.2, 0.25) is 0 Å². The maximum absolute atomic E-state index is 13.3. The monoisotopic (exact) mass is 534 g/mol. The van der Waals surface area contributed by atoms with Gasteiger partial charge in [0.25, 0.3) is 17.7 Å². The first-order chi connectivity index (χ1) is 18.1. The maximum atomic E-state index is 13.3. The van der Waals surface area contributed by atoms with Crippen LogP contribution in [0.3, 0.4) is 0 Å². The molecule has 1 aliphatic rings. The molecule has 1 heterocycles. The third kappa shape index (κ3) is 5.02. The number of methoxy groups -OCH3 is 2. The standard InChI is InChI=1S/C27H23ClN4O6/c1-14-4-5-16(25(34)30-17-8-6-15(7-9-17)24(29)33)12-19(14)31-23-22(28)26(35)32(27(23)36)20-11-10-18(37-2)13-21(20)38-3/h4-13,31H,1-3H3,(H2,29,33)(H,30,34). The van der Waals surface area contributed by atoms with Crippen LogP contribution in [0, 0.1) is 6.92 Å². The van der Waals surface area contributed by atoms with Crippen molar-refractivity contribution in [3.8, 4) is 11.5 Å². The van der Waals surface area contributed by atoms with Crippen LogP contribution in [0.4, 0.5) is 17.1 Å². The summed E-state index contributed by atoms with van der Waals surface area (Å²) in [4.78, 5) is 51.3. The third-order valence-corrected chi connectivity index (χ3v) is 6.19. The van der Waals surface area contributed by atoms with Gasteiger partial charge < -0.3 is 25.8 Å². The van der Waals surface area contributed by atoms with E-state index in [1.165, 1.54) is 38.5 Å². The highest BCUT2D eigenvalue weighted by atomic mass is 35.5. The summed E-state index contributed by atoms with van der Waals surface area (Å²) in [6, 6.07) is 15.6. The number of primary amides is 1. The van der Waals surface area contributed by atoms with Crippen molar-refractivity contribution < 1.29 is 28.7 Å². The minimum Gasteiger partial charge on any atom is -0.497 e. The second kappa shape index (κ2) is 10.7. The van der Waals surface area contributed by atoms with Gasteiger partial charge in [0.05, 0.1) is 19.9 Å². The number of nitrogens with zero attached hydrogens (tertiary/aromatic N) is 1. The highest BCUT2D eigenvalue weighted by Gasteiger charge is 2.40. The van der Waals surface area contributed by atoms with E-state index in [9.17, 15) is 19.2 Å². The van der Waals surface area contributed by atoms with Gasteiger partial charge in [0, 0.05) is 28.6 Å². The molecular formula is C27H23ClN4O6. The van der Waals surface area contributed by atoms with Gasteiger partial charge in [-0.25, -0.2) is 4.90 Å². The number of nitrogens with one attached hydrogen (secondary N) is 2. The molecule has 1 aliphatic heterocycles. The molecule has 0 unspecified atom stereocenters. The van der Waals surface area contributed by atoms with Crippen molar-refractivity contribution in [1.82, 2.24) is 0 Å². The summed E-state index contributed by atoms with van der Waals surface area (Å²) >= 11 is 6.30. The molecule has 0 atom stereocenters. The molecule has 3 aromatic carbocycles. The molecule has 0 radical (unpaired) electrons. The topological polar surface area (TPSA) is 140 Å². The Kier molecular flexibility index (Phi) is 7.35. The summed E-state index contributed by atoms with van der Waals surface area (Å²) in [6.07, 6.45) is 0. The summed E-state index contributed by atoms with van der Waals surface area (Å²) in [5, 5.41) is 5.34. The van der Waals surface area contributed by atoms with Gasteiger partial charge in [0.15, 0.2) is 0 Å². The normalized spacial score (nSPS) is 13.0. The van der Waals surface area contributed by atoms with Gasteiger partial charge in [-0.05, 0) is 61.0 Å². The molecule has 0 saturated heterocycles. The molecule has 4 N–H and O–H groups in total. The SMILES string of the molecule is COc1ccc(N2C(=O)C(Cl)=C(Nc3cc(C(=O)Nc4ccc(C(N)=O)cc4)ccc3C)C2=O)c(OC)c1. The summed E-state index contributed by atoms with van der Waals surface area (Å²) in [5.41, 5.74) is 7.45. The Bertz CT molecular complexity index is 1500. The number of ether oxygens (including phenoxy) is 2. The van der Waals surface area contributed by atoms with Gasteiger partial charge in [-0.1, -0.05) is 17.7 Å². The first-order valence-corrected chi connectivity index (χ1v) is 11.6. The van der Waals surface area contributed by atoms with E-state index in [1.54, 1.807) is 43.3 Å². The molecular weight excluding hydrogens is 512 g/mol. The molecule has 0 fully saturated rings. The molecule has 0 saturated carbocycles. The van der Waals surface area contributed by atoms with Gasteiger partial charge in [-0.15, -0.1) is 0 Å². The number of nitrogens with two attached hydrogens (primary N) is 1. The van der Waals surface area contributed by atoms with Crippen LogP contribution in [-0.4, -0.2) is 37.8 Å². The number of benzene rings is 3. The van der Waals surface area contributed by atoms with Crippen LogP contribution in [0.1, 0.15) is 26.3 Å². The molecule has 38 heavy (non-hydrogen) atoms.